The van der Waals surface area contributed by atoms with Crippen molar-refractivity contribution in [2.45, 2.75) is 45.6 Å². The van der Waals surface area contributed by atoms with Crippen molar-refractivity contribution >= 4 is 29.6 Å². The second kappa shape index (κ2) is 12.3. The molecule has 1 aliphatic rings. The van der Waals surface area contributed by atoms with Gasteiger partial charge >= 0.3 is 0 Å². The molecule has 0 aromatic carbocycles. The van der Waals surface area contributed by atoms with E-state index in [1.165, 1.54) is 12.0 Å². The van der Waals surface area contributed by atoms with E-state index in [0.29, 0.717) is 45.6 Å². The van der Waals surface area contributed by atoms with Gasteiger partial charge in [-0.15, -0.1) is 0 Å². The van der Waals surface area contributed by atoms with Gasteiger partial charge in [0.05, 0.1) is 19.8 Å². The monoisotopic (exact) mass is 374 g/mol. The van der Waals surface area contributed by atoms with Crippen LogP contribution in [0.15, 0.2) is 0 Å². The second-order valence-corrected chi connectivity index (χ2v) is 7.01. The van der Waals surface area contributed by atoms with Crippen LogP contribution in [0.25, 0.3) is 0 Å². The maximum Gasteiger partial charge on any atom is 0.223 e. The van der Waals surface area contributed by atoms with Crippen molar-refractivity contribution in [1.82, 2.24) is 10.6 Å². The molecule has 1 fully saturated rings. The summed E-state index contributed by atoms with van der Waals surface area (Å²) in [4.78, 5) is 35.0. The Labute approximate surface area is 154 Å². The van der Waals surface area contributed by atoms with Crippen molar-refractivity contribution < 1.29 is 23.3 Å². The molecule has 0 spiro atoms. The summed E-state index contributed by atoms with van der Waals surface area (Å²) in [5.74, 6) is 0.107. The molecule has 0 saturated heterocycles. The highest BCUT2D eigenvalue weighted by Gasteiger charge is 2.34. The summed E-state index contributed by atoms with van der Waals surface area (Å²) in [5, 5.41) is 5.72. The van der Waals surface area contributed by atoms with Crippen LogP contribution < -0.4 is 10.6 Å². The van der Waals surface area contributed by atoms with Crippen LogP contribution in [0.2, 0.25) is 0 Å². The Hall–Kier alpha value is -1.12. The molecule has 0 atom stereocenters. The predicted octanol–water partition coefficient (Wildman–Crippen LogP) is 1.31. The Kier molecular flexibility index (Phi) is 10.8. The first-order valence-electron chi connectivity index (χ1n) is 8.77. The summed E-state index contributed by atoms with van der Waals surface area (Å²) in [6.07, 6.45) is 3.84. The van der Waals surface area contributed by atoms with Gasteiger partial charge in [-0.2, -0.15) is 0 Å². The number of hydrogen-bond donors (Lipinski definition) is 2. The molecule has 0 aromatic rings. The standard InChI is InChI=1S/C17H30N2O5S/c1-12(2)15(20)4-7-23-8-5-16(21)19-14-10-13(11-14)17(22)18-6-9-24-25-3/h12-14H,4-11H2,1-3H3,(H,18,22)(H,19,21)/t13-,14-. The zero-order valence-corrected chi connectivity index (χ0v) is 16.2. The summed E-state index contributed by atoms with van der Waals surface area (Å²) >= 11 is 1.27. The van der Waals surface area contributed by atoms with Gasteiger partial charge in [-0.3, -0.25) is 14.4 Å². The summed E-state index contributed by atoms with van der Waals surface area (Å²) in [6.45, 7) is 5.38. The molecule has 25 heavy (non-hydrogen) atoms. The van der Waals surface area contributed by atoms with Crippen molar-refractivity contribution in [1.29, 1.82) is 0 Å². The molecular weight excluding hydrogens is 344 g/mol. The minimum atomic E-state index is -0.0765. The molecule has 7 nitrogen and oxygen atoms in total. The molecule has 0 aliphatic heterocycles. The van der Waals surface area contributed by atoms with Crippen LogP contribution in [0.5, 0.6) is 0 Å². The first-order chi connectivity index (χ1) is 11.9. The van der Waals surface area contributed by atoms with Crippen LogP contribution in [0, 0.1) is 11.8 Å². The first-order valence-corrected chi connectivity index (χ1v) is 9.92. The summed E-state index contributed by atoms with van der Waals surface area (Å²) in [7, 11) is 0. The zero-order chi connectivity index (χ0) is 18.7. The number of hydrogen-bond acceptors (Lipinski definition) is 6. The summed E-state index contributed by atoms with van der Waals surface area (Å²) < 4.78 is 10.4. The topological polar surface area (TPSA) is 93.7 Å². The number of nitrogens with one attached hydrogen (secondary N) is 2. The number of Topliss-reactive ketones (excluding diaryl/α,β-unsaturated/α-hetero) is 1. The zero-order valence-electron chi connectivity index (χ0n) is 15.3. The number of ether oxygens (including phenoxy) is 1. The number of carbonyl (C=O) groups excluding carboxylic acids is 3. The number of ketones is 1. The molecule has 0 aromatic heterocycles. The number of amides is 2. The Morgan fingerprint density at radius 1 is 1.12 bits per heavy atom. The quantitative estimate of drug-likeness (QED) is 0.373. The van der Waals surface area contributed by atoms with Crippen molar-refractivity contribution in [2.75, 3.05) is 32.6 Å². The lowest BCUT2D eigenvalue weighted by atomic mass is 9.79. The van der Waals surface area contributed by atoms with Crippen LogP contribution in [-0.4, -0.2) is 56.3 Å². The Bertz CT molecular complexity index is 439. The molecule has 1 rings (SSSR count). The third-order valence-corrected chi connectivity index (χ3v) is 4.49. The van der Waals surface area contributed by atoms with E-state index in [1.807, 2.05) is 20.1 Å². The molecule has 2 N–H and O–H groups in total. The Balaban J connectivity index is 2.00. The highest BCUT2D eigenvalue weighted by Crippen LogP contribution is 2.27. The SMILES string of the molecule is CSOCCNC(=O)[C@H]1C[C@H](NC(=O)CCOCCC(=O)C(C)C)C1. The smallest absolute Gasteiger partial charge is 0.223 e. The highest BCUT2D eigenvalue weighted by atomic mass is 32.2. The van der Waals surface area contributed by atoms with E-state index in [2.05, 4.69) is 10.6 Å². The van der Waals surface area contributed by atoms with Gasteiger partial charge in [-0.05, 0) is 24.9 Å². The van der Waals surface area contributed by atoms with Crippen LogP contribution in [0.3, 0.4) is 0 Å². The van der Waals surface area contributed by atoms with E-state index in [4.69, 9.17) is 8.92 Å². The molecule has 2 amide bonds. The van der Waals surface area contributed by atoms with Gasteiger partial charge in [-0.25, -0.2) is 0 Å². The molecule has 0 heterocycles. The Morgan fingerprint density at radius 3 is 2.44 bits per heavy atom. The molecule has 0 radical (unpaired) electrons. The fourth-order valence-electron chi connectivity index (χ4n) is 2.42. The van der Waals surface area contributed by atoms with E-state index in [1.54, 1.807) is 0 Å². The lowest BCUT2D eigenvalue weighted by Gasteiger charge is -2.34. The Morgan fingerprint density at radius 2 is 1.80 bits per heavy atom. The van der Waals surface area contributed by atoms with Gasteiger partial charge in [0.15, 0.2) is 0 Å². The fourth-order valence-corrected chi connectivity index (χ4v) is 2.67. The van der Waals surface area contributed by atoms with E-state index in [9.17, 15) is 14.4 Å². The minimum absolute atomic E-state index is 0.0216. The van der Waals surface area contributed by atoms with Gasteiger partial charge in [0, 0.05) is 43.5 Å². The molecule has 0 bridgehead atoms. The van der Waals surface area contributed by atoms with Gasteiger partial charge in [0.25, 0.3) is 0 Å². The number of carbonyl (C=O) groups is 3. The summed E-state index contributed by atoms with van der Waals surface area (Å²) in [5.41, 5.74) is 0. The molecule has 0 unspecified atom stereocenters. The van der Waals surface area contributed by atoms with Crippen LogP contribution in [0.4, 0.5) is 0 Å². The van der Waals surface area contributed by atoms with E-state index in [0.717, 1.165) is 0 Å². The van der Waals surface area contributed by atoms with Crippen molar-refractivity contribution in [3.05, 3.63) is 0 Å². The third-order valence-electron chi connectivity index (χ3n) is 4.09. The van der Waals surface area contributed by atoms with Crippen molar-refractivity contribution in [3.63, 3.8) is 0 Å². The van der Waals surface area contributed by atoms with Crippen LogP contribution in [0.1, 0.15) is 39.5 Å². The van der Waals surface area contributed by atoms with E-state index in [-0.39, 0.29) is 41.9 Å². The van der Waals surface area contributed by atoms with Crippen molar-refractivity contribution in [2.24, 2.45) is 11.8 Å². The molecule has 8 heteroatoms. The average Bonchev–Trinajstić information content (AvgIpc) is 2.53. The molecular formula is C17H30N2O5S. The van der Waals surface area contributed by atoms with E-state index >= 15 is 0 Å². The van der Waals surface area contributed by atoms with Gasteiger partial charge in [-0.1, -0.05) is 13.8 Å². The van der Waals surface area contributed by atoms with E-state index < -0.39 is 0 Å². The lowest BCUT2D eigenvalue weighted by Crippen LogP contribution is -2.49. The van der Waals surface area contributed by atoms with Gasteiger partial charge in [0.2, 0.25) is 11.8 Å². The van der Waals surface area contributed by atoms with Crippen molar-refractivity contribution in [3.8, 4) is 0 Å². The molecule has 144 valence electrons. The third kappa shape index (κ3) is 9.23. The van der Waals surface area contributed by atoms with Gasteiger partial charge < -0.3 is 19.6 Å². The minimum Gasteiger partial charge on any atom is -0.380 e. The second-order valence-electron chi connectivity index (χ2n) is 6.45. The maximum atomic E-state index is 11.8. The lowest BCUT2D eigenvalue weighted by molar-refractivity contribution is -0.131. The predicted molar refractivity (Wildman–Crippen MR) is 97.0 cm³/mol. The average molecular weight is 375 g/mol. The summed E-state index contributed by atoms with van der Waals surface area (Å²) in [6, 6.07) is 0.0632. The normalized spacial score (nSPS) is 19.4. The highest BCUT2D eigenvalue weighted by molar-refractivity contribution is 7.93. The van der Waals surface area contributed by atoms with Crippen LogP contribution >= 0.6 is 12.0 Å². The largest absolute Gasteiger partial charge is 0.380 e. The first kappa shape index (κ1) is 21.9. The molecule has 1 saturated carbocycles. The number of rotatable bonds is 13. The molecule has 1 aliphatic carbocycles. The van der Waals surface area contributed by atoms with Gasteiger partial charge in [0.1, 0.15) is 5.78 Å². The van der Waals surface area contributed by atoms with Crippen LogP contribution in [-0.2, 0) is 23.3 Å². The fraction of sp³-hybridized carbons (Fsp3) is 0.824. The maximum absolute atomic E-state index is 11.8.